The maximum absolute atomic E-state index is 12.1. The lowest BCUT2D eigenvalue weighted by Gasteiger charge is -2.33. The summed E-state index contributed by atoms with van der Waals surface area (Å²) in [4.78, 5) is 11.6. The van der Waals surface area contributed by atoms with Gasteiger partial charge < -0.3 is 4.74 Å². The van der Waals surface area contributed by atoms with Gasteiger partial charge in [0.05, 0.1) is 12.9 Å². The first-order chi connectivity index (χ1) is 7.88. The highest BCUT2D eigenvalue weighted by Crippen LogP contribution is 2.22. The normalized spacial score (nSPS) is 22.7. The van der Waals surface area contributed by atoms with Gasteiger partial charge in [-0.15, -0.1) is 0 Å². The summed E-state index contributed by atoms with van der Waals surface area (Å²) in [7, 11) is -2.06. The van der Waals surface area contributed by atoms with Gasteiger partial charge in [-0.2, -0.15) is 4.31 Å². The molecule has 1 aliphatic heterocycles. The fourth-order valence-electron chi connectivity index (χ4n) is 2.13. The fourth-order valence-corrected chi connectivity index (χ4v) is 4.15. The van der Waals surface area contributed by atoms with Crippen molar-refractivity contribution in [2.24, 2.45) is 5.92 Å². The van der Waals surface area contributed by atoms with Crippen LogP contribution in [-0.4, -0.2) is 44.1 Å². The highest BCUT2D eigenvalue weighted by atomic mass is 32.2. The average molecular weight is 263 g/mol. The van der Waals surface area contributed by atoms with E-state index in [0.29, 0.717) is 13.0 Å². The predicted octanol–water partition coefficient (Wildman–Crippen LogP) is 1.000. The van der Waals surface area contributed by atoms with E-state index in [1.165, 1.54) is 11.4 Å². The molecule has 5 nitrogen and oxygen atoms in total. The third-order valence-electron chi connectivity index (χ3n) is 2.83. The Hall–Kier alpha value is -0.620. The molecule has 0 amide bonds. The highest BCUT2D eigenvalue weighted by molar-refractivity contribution is 7.89. The minimum Gasteiger partial charge on any atom is -0.468 e. The van der Waals surface area contributed by atoms with Crippen LogP contribution in [-0.2, 0) is 19.6 Å². The van der Waals surface area contributed by atoms with Gasteiger partial charge in [-0.1, -0.05) is 13.8 Å². The minimum absolute atomic E-state index is 0.0558. The van der Waals surface area contributed by atoms with Crippen LogP contribution < -0.4 is 0 Å². The van der Waals surface area contributed by atoms with Crippen LogP contribution in [0.25, 0.3) is 0 Å². The summed E-state index contributed by atoms with van der Waals surface area (Å²) in [6.07, 6.45) is 2.24. The molecule has 0 saturated carbocycles. The Labute approximate surface area is 103 Å². The molecule has 0 aromatic carbocycles. The molecule has 17 heavy (non-hydrogen) atoms. The van der Waals surface area contributed by atoms with Crippen molar-refractivity contribution >= 4 is 16.0 Å². The largest absolute Gasteiger partial charge is 0.468 e. The van der Waals surface area contributed by atoms with Gasteiger partial charge in [-0.3, -0.25) is 4.79 Å². The average Bonchev–Trinajstić information content (AvgIpc) is 2.26. The maximum atomic E-state index is 12.1. The Morgan fingerprint density at radius 2 is 2.06 bits per heavy atom. The standard InChI is InChI=1S/C11H21NO4S/c1-9(2)8-17(14,15)12-7-5-4-6-10(12)11(13)16-3/h9-10H,4-8H2,1-3H3. The van der Waals surface area contributed by atoms with Crippen molar-refractivity contribution in [3.8, 4) is 0 Å². The van der Waals surface area contributed by atoms with E-state index in [4.69, 9.17) is 0 Å². The molecule has 1 rings (SSSR count). The summed E-state index contributed by atoms with van der Waals surface area (Å²) >= 11 is 0. The van der Waals surface area contributed by atoms with E-state index < -0.39 is 22.0 Å². The monoisotopic (exact) mass is 263 g/mol. The molecule has 1 unspecified atom stereocenters. The number of piperidine rings is 1. The minimum atomic E-state index is -3.35. The zero-order valence-electron chi connectivity index (χ0n) is 10.7. The van der Waals surface area contributed by atoms with Crippen LogP contribution in [0.3, 0.4) is 0 Å². The van der Waals surface area contributed by atoms with Crippen LogP contribution in [0, 0.1) is 5.92 Å². The SMILES string of the molecule is COC(=O)C1CCCCN1S(=O)(=O)CC(C)C. The lowest BCUT2D eigenvalue weighted by Crippen LogP contribution is -2.49. The maximum Gasteiger partial charge on any atom is 0.324 e. The number of esters is 1. The molecule has 0 spiro atoms. The molecule has 0 N–H and O–H groups in total. The number of rotatable bonds is 4. The zero-order valence-corrected chi connectivity index (χ0v) is 11.5. The van der Waals surface area contributed by atoms with Crippen LogP contribution in [0.5, 0.6) is 0 Å². The van der Waals surface area contributed by atoms with Gasteiger partial charge in [0, 0.05) is 6.54 Å². The van der Waals surface area contributed by atoms with Crippen LogP contribution in [0.2, 0.25) is 0 Å². The Balaban J connectivity index is 2.88. The lowest BCUT2D eigenvalue weighted by molar-refractivity contribution is -0.146. The number of methoxy groups -OCH3 is 1. The molecular weight excluding hydrogens is 242 g/mol. The van der Waals surface area contributed by atoms with Gasteiger partial charge in [0.1, 0.15) is 6.04 Å². The van der Waals surface area contributed by atoms with Crippen molar-refractivity contribution in [3.05, 3.63) is 0 Å². The van der Waals surface area contributed by atoms with Crippen LogP contribution in [0.4, 0.5) is 0 Å². The van der Waals surface area contributed by atoms with E-state index in [1.54, 1.807) is 0 Å². The Bertz CT molecular complexity index is 364. The van der Waals surface area contributed by atoms with Crippen molar-refractivity contribution in [1.29, 1.82) is 0 Å². The first kappa shape index (κ1) is 14.4. The molecule has 1 fully saturated rings. The van der Waals surface area contributed by atoms with Crippen LogP contribution in [0.1, 0.15) is 33.1 Å². The van der Waals surface area contributed by atoms with Crippen molar-refractivity contribution in [2.75, 3.05) is 19.4 Å². The number of nitrogens with zero attached hydrogens (tertiary/aromatic N) is 1. The van der Waals surface area contributed by atoms with E-state index in [9.17, 15) is 13.2 Å². The van der Waals surface area contributed by atoms with Gasteiger partial charge in [-0.05, 0) is 25.2 Å². The number of ether oxygens (including phenoxy) is 1. The first-order valence-electron chi connectivity index (χ1n) is 5.96. The van der Waals surface area contributed by atoms with Gasteiger partial charge in [0.2, 0.25) is 10.0 Å². The molecule has 0 aliphatic carbocycles. The molecule has 1 heterocycles. The van der Waals surface area contributed by atoms with E-state index in [2.05, 4.69) is 4.74 Å². The Kier molecular flexibility index (Phi) is 4.94. The quantitative estimate of drug-likeness (QED) is 0.710. The van der Waals surface area contributed by atoms with Gasteiger partial charge in [-0.25, -0.2) is 8.42 Å². The molecular formula is C11H21NO4S. The van der Waals surface area contributed by atoms with Crippen LogP contribution in [0.15, 0.2) is 0 Å². The number of sulfonamides is 1. The predicted molar refractivity (Wildman–Crippen MR) is 65.0 cm³/mol. The van der Waals surface area contributed by atoms with Gasteiger partial charge in [0.25, 0.3) is 0 Å². The topological polar surface area (TPSA) is 63.7 Å². The third kappa shape index (κ3) is 3.67. The molecule has 1 aliphatic rings. The second kappa shape index (κ2) is 5.82. The van der Waals surface area contributed by atoms with E-state index >= 15 is 0 Å². The molecule has 6 heteroatoms. The van der Waals surface area contributed by atoms with E-state index in [0.717, 1.165) is 12.8 Å². The smallest absolute Gasteiger partial charge is 0.324 e. The second-order valence-electron chi connectivity index (χ2n) is 4.82. The molecule has 0 aromatic heterocycles. The Morgan fingerprint density at radius 1 is 1.41 bits per heavy atom. The second-order valence-corrected chi connectivity index (χ2v) is 6.78. The molecule has 100 valence electrons. The molecule has 0 bridgehead atoms. The van der Waals surface area contributed by atoms with Gasteiger partial charge in [0.15, 0.2) is 0 Å². The van der Waals surface area contributed by atoms with E-state index in [1.807, 2.05) is 13.8 Å². The summed E-state index contributed by atoms with van der Waals surface area (Å²) in [5, 5.41) is 0. The van der Waals surface area contributed by atoms with Crippen LogP contribution >= 0.6 is 0 Å². The first-order valence-corrected chi connectivity index (χ1v) is 7.56. The molecule has 1 saturated heterocycles. The number of hydrogen-bond acceptors (Lipinski definition) is 4. The summed E-state index contributed by atoms with van der Waals surface area (Å²) in [5.41, 5.74) is 0. The number of carbonyl (C=O) groups excluding carboxylic acids is 1. The van der Waals surface area contributed by atoms with Crippen molar-refractivity contribution < 1.29 is 17.9 Å². The molecule has 1 atom stereocenters. The summed E-state index contributed by atoms with van der Waals surface area (Å²) in [6, 6.07) is -0.627. The lowest BCUT2D eigenvalue weighted by atomic mass is 10.1. The molecule has 0 aromatic rings. The van der Waals surface area contributed by atoms with Crippen molar-refractivity contribution in [2.45, 2.75) is 39.2 Å². The number of hydrogen-bond donors (Lipinski definition) is 0. The number of carbonyl (C=O) groups is 1. The summed E-state index contributed by atoms with van der Waals surface area (Å²) in [6.45, 7) is 4.14. The third-order valence-corrected chi connectivity index (χ3v) is 5.07. The van der Waals surface area contributed by atoms with Crippen molar-refractivity contribution in [3.63, 3.8) is 0 Å². The highest BCUT2D eigenvalue weighted by Gasteiger charge is 2.37. The van der Waals surface area contributed by atoms with Gasteiger partial charge >= 0.3 is 5.97 Å². The molecule has 0 radical (unpaired) electrons. The van der Waals surface area contributed by atoms with E-state index in [-0.39, 0.29) is 11.7 Å². The summed E-state index contributed by atoms with van der Waals surface area (Å²) in [5.74, 6) is -0.308. The summed E-state index contributed by atoms with van der Waals surface area (Å²) < 4.78 is 30.3. The van der Waals surface area contributed by atoms with Crippen molar-refractivity contribution in [1.82, 2.24) is 4.31 Å². The fraction of sp³-hybridized carbons (Fsp3) is 0.909. The Morgan fingerprint density at radius 3 is 2.59 bits per heavy atom. The zero-order chi connectivity index (χ0) is 13.1.